The molecule has 2 atom stereocenters. The number of hydrogen-bond donors (Lipinski definition) is 1. The number of nitrogens with zero attached hydrogens (tertiary/aromatic N) is 1. The number of ether oxygens (including phenoxy) is 2. The van der Waals surface area contributed by atoms with Crippen molar-refractivity contribution < 1.29 is 19.1 Å². The third-order valence-corrected chi connectivity index (χ3v) is 4.27. The zero-order valence-electron chi connectivity index (χ0n) is 16.2. The number of nitrogens with one attached hydrogen (secondary N) is 1. The Hall–Kier alpha value is -2.08. The number of carbonyl (C=O) groups excluding carboxylic acids is 2. The zero-order chi connectivity index (χ0) is 19.2. The Morgan fingerprint density at radius 1 is 1.23 bits per heavy atom. The summed E-state index contributed by atoms with van der Waals surface area (Å²) < 4.78 is 10.7. The molecule has 1 aromatic rings. The van der Waals surface area contributed by atoms with E-state index in [4.69, 9.17) is 9.47 Å². The molecule has 0 spiro atoms. The summed E-state index contributed by atoms with van der Waals surface area (Å²) >= 11 is 0. The van der Waals surface area contributed by atoms with Crippen LogP contribution in [0, 0.1) is 5.92 Å². The highest BCUT2D eigenvalue weighted by molar-refractivity contribution is 5.75. The number of esters is 1. The van der Waals surface area contributed by atoms with Gasteiger partial charge in [0.1, 0.15) is 5.60 Å². The van der Waals surface area contributed by atoms with Crippen LogP contribution in [0.1, 0.15) is 39.7 Å². The Balaban J connectivity index is 2.02. The van der Waals surface area contributed by atoms with Crippen molar-refractivity contribution in [3.8, 4) is 0 Å². The summed E-state index contributed by atoms with van der Waals surface area (Å²) in [5, 5.41) is 3.46. The Morgan fingerprint density at radius 2 is 1.92 bits per heavy atom. The van der Waals surface area contributed by atoms with Crippen LogP contribution >= 0.6 is 0 Å². The van der Waals surface area contributed by atoms with E-state index in [-0.39, 0.29) is 18.1 Å². The summed E-state index contributed by atoms with van der Waals surface area (Å²) in [7, 11) is 0. The molecule has 6 heteroatoms. The normalized spacial score (nSPS) is 20.5. The lowest BCUT2D eigenvalue weighted by Gasteiger charge is -2.38. The quantitative estimate of drug-likeness (QED) is 0.816. The molecule has 0 unspecified atom stereocenters. The van der Waals surface area contributed by atoms with Crippen molar-refractivity contribution in [1.29, 1.82) is 0 Å². The Bertz CT molecular complexity index is 598. The van der Waals surface area contributed by atoms with Crippen LogP contribution < -0.4 is 5.32 Å². The van der Waals surface area contributed by atoms with Gasteiger partial charge >= 0.3 is 12.1 Å². The van der Waals surface area contributed by atoms with E-state index < -0.39 is 11.5 Å². The summed E-state index contributed by atoms with van der Waals surface area (Å²) in [5.74, 6) is -0.675. The average Bonchev–Trinajstić information content (AvgIpc) is 2.59. The van der Waals surface area contributed by atoms with E-state index in [9.17, 15) is 9.59 Å². The summed E-state index contributed by atoms with van der Waals surface area (Å²) in [6.07, 6.45) is 0.295. The number of benzene rings is 1. The third-order valence-electron chi connectivity index (χ3n) is 4.27. The van der Waals surface area contributed by atoms with E-state index in [0.717, 1.165) is 5.56 Å². The van der Waals surface area contributed by atoms with Gasteiger partial charge in [-0.15, -0.1) is 0 Å². The molecular formula is C20H30N2O4. The lowest BCUT2D eigenvalue weighted by molar-refractivity contribution is -0.150. The molecule has 0 radical (unpaired) electrons. The maximum atomic E-state index is 12.4. The average molecular weight is 362 g/mol. The third kappa shape index (κ3) is 6.02. The lowest BCUT2D eigenvalue weighted by Crippen LogP contribution is -2.54. The summed E-state index contributed by atoms with van der Waals surface area (Å²) in [4.78, 5) is 26.4. The van der Waals surface area contributed by atoms with E-state index in [1.54, 1.807) is 11.8 Å². The van der Waals surface area contributed by atoms with Gasteiger partial charge in [0, 0.05) is 25.7 Å². The van der Waals surface area contributed by atoms with E-state index in [0.29, 0.717) is 32.7 Å². The fraction of sp³-hybridized carbons (Fsp3) is 0.600. The van der Waals surface area contributed by atoms with Crippen molar-refractivity contribution in [3.63, 3.8) is 0 Å². The van der Waals surface area contributed by atoms with Crippen molar-refractivity contribution in [2.45, 2.75) is 52.3 Å². The number of carbonyl (C=O) groups is 2. The molecule has 0 saturated carbocycles. The molecular weight excluding hydrogens is 332 g/mol. The van der Waals surface area contributed by atoms with Gasteiger partial charge in [0.15, 0.2) is 0 Å². The Kier molecular flexibility index (Phi) is 7.03. The molecule has 6 nitrogen and oxygen atoms in total. The van der Waals surface area contributed by atoms with Crippen molar-refractivity contribution in [2.75, 3.05) is 19.7 Å². The fourth-order valence-corrected chi connectivity index (χ4v) is 3.02. The largest absolute Gasteiger partial charge is 0.466 e. The molecule has 0 aliphatic carbocycles. The number of hydrogen-bond acceptors (Lipinski definition) is 5. The van der Waals surface area contributed by atoms with Gasteiger partial charge in [-0.3, -0.25) is 4.79 Å². The molecule has 1 fully saturated rings. The van der Waals surface area contributed by atoms with Crippen LogP contribution in [0.4, 0.5) is 4.79 Å². The highest BCUT2D eigenvalue weighted by Gasteiger charge is 2.38. The first-order chi connectivity index (χ1) is 12.3. The van der Waals surface area contributed by atoms with Crippen LogP contribution in [0.3, 0.4) is 0 Å². The van der Waals surface area contributed by atoms with Gasteiger partial charge in [-0.05, 0) is 39.7 Å². The van der Waals surface area contributed by atoms with Crippen molar-refractivity contribution in [3.05, 3.63) is 35.9 Å². The molecule has 1 saturated heterocycles. The van der Waals surface area contributed by atoms with Gasteiger partial charge in [-0.1, -0.05) is 30.3 Å². The SMILES string of the molecule is CCOC(=O)[C@@H]1CN(C(=O)OC(C)(C)C)CC[C@@H]1NCc1ccccc1. The number of rotatable bonds is 5. The molecule has 1 aliphatic heterocycles. The van der Waals surface area contributed by atoms with Gasteiger partial charge in [0.25, 0.3) is 0 Å². The van der Waals surface area contributed by atoms with Crippen LogP contribution in [0.5, 0.6) is 0 Å². The van der Waals surface area contributed by atoms with Crippen molar-refractivity contribution in [1.82, 2.24) is 10.2 Å². The maximum Gasteiger partial charge on any atom is 0.410 e. The zero-order valence-corrected chi connectivity index (χ0v) is 16.2. The molecule has 0 bridgehead atoms. The molecule has 0 aromatic heterocycles. The van der Waals surface area contributed by atoms with Crippen LogP contribution in [0.25, 0.3) is 0 Å². The number of piperidine rings is 1. The minimum absolute atomic E-state index is 0.0343. The molecule has 1 aromatic carbocycles. The first-order valence-electron chi connectivity index (χ1n) is 9.22. The van der Waals surface area contributed by atoms with Gasteiger partial charge in [0.05, 0.1) is 12.5 Å². The molecule has 1 N–H and O–H groups in total. The lowest BCUT2D eigenvalue weighted by atomic mass is 9.92. The summed E-state index contributed by atoms with van der Waals surface area (Å²) in [6.45, 7) is 9.16. The van der Waals surface area contributed by atoms with Gasteiger partial charge in [0.2, 0.25) is 0 Å². The fourth-order valence-electron chi connectivity index (χ4n) is 3.02. The van der Waals surface area contributed by atoms with Crippen molar-refractivity contribution >= 4 is 12.1 Å². The molecule has 1 amide bonds. The Labute approximate surface area is 155 Å². The molecule has 1 aliphatic rings. The van der Waals surface area contributed by atoms with E-state index in [1.807, 2.05) is 51.1 Å². The highest BCUT2D eigenvalue weighted by Crippen LogP contribution is 2.22. The van der Waals surface area contributed by atoms with Gasteiger partial charge in [-0.2, -0.15) is 0 Å². The van der Waals surface area contributed by atoms with Crippen LogP contribution in [0.15, 0.2) is 30.3 Å². The standard InChI is InChI=1S/C20H30N2O4/c1-5-25-18(23)16-14-22(19(24)26-20(2,3)4)12-11-17(16)21-13-15-9-7-6-8-10-15/h6-10,16-17,21H,5,11-14H2,1-4H3/t16-,17+/m1/s1. The second-order valence-corrected chi connectivity index (χ2v) is 7.55. The Morgan fingerprint density at radius 3 is 2.54 bits per heavy atom. The monoisotopic (exact) mass is 362 g/mol. The molecule has 2 rings (SSSR count). The minimum atomic E-state index is -0.557. The smallest absolute Gasteiger partial charge is 0.410 e. The van der Waals surface area contributed by atoms with Crippen LogP contribution in [-0.4, -0.2) is 48.3 Å². The van der Waals surface area contributed by atoms with Crippen molar-refractivity contribution in [2.24, 2.45) is 5.92 Å². The van der Waals surface area contributed by atoms with Gasteiger partial charge in [-0.25, -0.2) is 4.79 Å². The minimum Gasteiger partial charge on any atom is -0.466 e. The summed E-state index contributed by atoms with van der Waals surface area (Å²) in [6, 6.07) is 10.0. The maximum absolute atomic E-state index is 12.4. The first-order valence-corrected chi connectivity index (χ1v) is 9.22. The molecule has 144 valence electrons. The van der Waals surface area contributed by atoms with Crippen LogP contribution in [0.2, 0.25) is 0 Å². The van der Waals surface area contributed by atoms with Gasteiger partial charge < -0.3 is 19.7 Å². The predicted molar refractivity (Wildman–Crippen MR) is 99.6 cm³/mol. The van der Waals surface area contributed by atoms with E-state index in [1.165, 1.54) is 0 Å². The van der Waals surface area contributed by atoms with E-state index >= 15 is 0 Å². The molecule has 1 heterocycles. The second-order valence-electron chi connectivity index (χ2n) is 7.55. The topological polar surface area (TPSA) is 67.9 Å². The number of likely N-dealkylation sites (tertiary alicyclic amines) is 1. The predicted octanol–water partition coefficient (Wildman–Crippen LogP) is 2.96. The first kappa shape index (κ1) is 20.2. The van der Waals surface area contributed by atoms with E-state index in [2.05, 4.69) is 5.32 Å². The van der Waals surface area contributed by atoms with Crippen LogP contribution in [-0.2, 0) is 20.8 Å². The highest BCUT2D eigenvalue weighted by atomic mass is 16.6. The second kappa shape index (κ2) is 9.03. The molecule has 26 heavy (non-hydrogen) atoms. The summed E-state index contributed by atoms with van der Waals surface area (Å²) in [5.41, 5.74) is 0.600. The number of amides is 1.